The lowest BCUT2D eigenvalue weighted by molar-refractivity contribution is -0.122. The standard InChI is InChI=1S/C22H16N4O4S2/c27-20-16(11-17-21(28)26(22(31)32-17)13-15-6-4-10-30-15)19(23-12-14-5-3-9-29-14)24-18-7-1-2-8-25(18)20/h1-11,23H,12-13H2/b17-11+. The third kappa shape index (κ3) is 3.85. The maximum atomic E-state index is 13.3. The number of nitrogens with one attached hydrogen (secondary N) is 1. The number of thioether (sulfide) groups is 1. The molecule has 1 aliphatic heterocycles. The molecule has 0 spiro atoms. The first-order chi connectivity index (χ1) is 15.6. The van der Waals surface area contributed by atoms with Crippen LogP contribution in [0.1, 0.15) is 17.1 Å². The normalized spacial score (nSPS) is 15.2. The Kier molecular flexibility index (Phi) is 5.38. The van der Waals surface area contributed by atoms with E-state index in [0.29, 0.717) is 38.8 Å². The second-order valence-corrected chi connectivity index (χ2v) is 8.56. The van der Waals surface area contributed by atoms with Crippen LogP contribution in [-0.4, -0.2) is 24.5 Å². The smallest absolute Gasteiger partial charge is 0.267 e. The molecule has 0 aromatic carbocycles. The number of hydrogen-bond donors (Lipinski definition) is 1. The Morgan fingerprint density at radius 2 is 1.84 bits per heavy atom. The molecular weight excluding hydrogens is 448 g/mol. The van der Waals surface area contributed by atoms with Crippen molar-refractivity contribution in [3.63, 3.8) is 0 Å². The van der Waals surface area contributed by atoms with E-state index in [1.165, 1.54) is 9.30 Å². The lowest BCUT2D eigenvalue weighted by atomic mass is 10.2. The van der Waals surface area contributed by atoms with Crippen LogP contribution < -0.4 is 10.9 Å². The number of thiocarbonyl (C=S) groups is 1. The molecule has 0 saturated carbocycles. The monoisotopic (exact) mass is 464 g/mol. The van der Waals surface area contributed by atoms with Gasteiger partial charge in [0, 0.05) is 6.20 Å². The van der Waals surface area contributed by atoms with Gasteiger partial charge in [-0.25, -0.2) is 4.98 Å². The summed E-state index contributed by atoms with van der Waals surface area (Å²) in [6.07, 6.45) is 6.30. The van der Waals surface area contributed by atoms with Gasteiger partial charge in [0.1, 0.15) is 27.3 Å². The number of pyridine rings is 1. The van der Waals surface area contributed by atoms with Gasteiger partial charge in [0.15, 0.2) is 0 Å². The van der Waals surface area contributed by atoms with E-state index in [2.05, 4.69) is 10.3 Å². The molecule has 1 amide bonds. The molecule has 5 rings (SSSR count). The van der Waals surface area contributed by atoms with Crippen LogP contribution in [0.25, 0.3) is 11.7 Å². The van der Waals surface area contributed by atoms with Gasteiger partial charge in [0.05, 0.1) is 36.1 Å². The zero-order chi connectivity index (χ0) is 22.1. The van der Waals surface area contributed by atoms with E-state index in [4.69, 9.17) is 21.1 Å². The summed E-state index contributed by atoms with van der Waals surface area (Å²) < 4.78 is 12.5. The van der Waals surface area contributed by atoms with E-state index in [9.17, 15) is 9.59 Å². The van der Waals surface area contributed by atoms with E-state index in [0.717, 1.165) is 11.8 Å². The van der Waals surface area contributed by atoms with Crippen molar-refractivity contribution in [3.05, 3.63) is 93.5 Å². The first kappa shape index (κ1) is 20.3. The highest BCUT2D eigenvalue weighted by molar-refractivity contribution is 8.26. The van der Waals surface area contributed by atoms with Crippen molar-refractivity contribution < 1.29 is 13.6 Å². The number of nitrogens with zero attached hydrogens (tertiary/aromatic N) is 3. The average Bonchev–Trinajstić information content (AvgIpc) is 3.55. The van der Waals surface area contributed by atoms with Gasteiger partial charge in [-0.2, -0.15) is 0 Å². The maximum Gasteiger partial charge on any atom is 0.267 e. The van der Waals surface area contributed by atoms with E-state index in [-0.39, 0.29) is 23.6 Å². The minimum atomic E-state index is -0.297. The van der Waals surface area contributed by atoms with Crippen LogP contribution in [0.5, 0.6) is 0 Å². The van der Waals surface area contributed by atoms with Gasteiger partial charge < -0.3 is 14.2 Å². The largest absolute Gasteiger partial charge is 0.467 e. The van der Waals surface area contributed by atoms with Gasteiger partial charge in [-0.05, 0) is 42.5 Å². The lowest BCUT2D eigenvalue weighted by Crippen LogP contribution is -2.27. The Balaban J connectivity index is 1.53. The number of carbonyl (C=O) groups excluding carboxylic acids is 1. The van der Waals surface area contributed by atoms with Crippen molar-refractivity contribution in [3.8, 4) is 0 Å². The number of anilines is 1. The van der Waals surface area contributed by atoms with Crippen LogP contribution in [0, 0.1) is 0 Å². The number of hydrogen-bond acceptors (Lipinski definition) is 8. The molecule has 4 aromatic heterocycles. The molecule has 0 radical (unpaired) electrons. The van der Waals surface area contributed by atoms with Crippen LogP contribution in [0.3, 0.4) is 0 Å². The average molecular weight is 465 g/mol. The number of carbonyl (C=O) groups is 1. The van der Waals surface area contributed by atoms with Crippen LogP contribution in [0.2, 0.25) is 0 Å². The first-order valence-corrected chi connectivity index (χ1v) is 10.9. The van der Waals surface area contributed by atoms with E-state index < -0.39 is 0 Å². The summed E-state index contributed by atoms with van der Waals surface area (Å²) in [6.45, 7) is 0.566. The van der Waals surface area contributed by atoms with Gasteiger partial charge in [-0.1, -0.05) is 30.0 Å². The molecule has 1 N–H and O–H groups in total. The second-order valence-electron chi connectivity index (χ2n) is 6.89. The highest BCUT2D eigenvalue weighted by atomic mass is 32.2. The van der Waals surface area contributed by atoms with Gasteiger partial charge in [0.25, 0.3) is 11.5 Å². The summed E-state index contributed by atoms with van der Waals surface area (Å²) >= 11 is 6.53. The SMILES string of the molecule is O=C1/C(=C\c2c(NCc3ccco3)nc3ccccn3c2=O)SC(=S)N1Cc1ccco1. The van der Waals surface area contributed by atoms with Gasteiger partial charge >= 0.3 is 0 Å². The van der Waals surface area contributed by atoms with Crippen molar-refractivity contribution in [2.24, 2.45) is 0 Å². The van der Waals surface area contributed by atoms with Crippen LogP contribution in [0.4, 0.5) is 5.82 Å². The Morgan fingerprint density at radius 3 is 2.59 bits per heavy atom. The van der Waals surface area contributed by atoms with Crippen molar-refractivity contribution in [2.75, 3.05) is 5.32 Å². The molecular formula is C22H16N4O4S2. The molecule has 0 atom stereocenters. The van der Waals surface area contributed by atoms with Crippen molar-refractivity contribution in [1.29, 1.82) is 0 Å². The van der Waals surface area contributed by atoms with Crippen molar-refractivity contribution >= 4 is 51.7 Å². The van der Waals surface area contributed by atoms with Crippen molar-refractivity contribution in [1.82, 2.24) is 14.3 Å². The Labute approximate surface area is 191 Å². The molecule has 1 saturated heterocycles. The van der Waals surface area contributed by atoms with Crippen LogP contribution in [-0.2, 0) is 17.9 Å². The minimum Gasteiger partial charge on any atom is -0.467 e. The summed E-state index contributed by atoms with van der Waals surface area (Å²) in [5.41, 5.74) is 0.453. The quantitative estimate of drug-likeness (QED) is 0.339. The molecule has 32 heavy (non-hydrogen) atoms. The highest BCUT2D eigenvalue weighted by Crippen LogP contribution is 2.34. The van der Waals surface area contributed by atoms with Gasteiger partial charge in [0.2, 0.25) is 0 Å². The number of fused-ring (bicyclic) bond motifs is 1. The molecule has 0 bridgehead atoms. The fourth-order valence-electron chi connectivity index (χ4n) is 3.28. The number of rotatable bonds is 6. The fourth-order valence-corrected chi connectivity index (χ4v) is 4.51. The molecule has 160 valence electrons. The summed E-state index contributed by atoms with van der Waals surface area (Å²) in [5.74, 6) is 1.38. The summed E-state index contributed by atoms with van der Waals surface area (Å²) in [4.78, 5) is 32.7. The number of aromatic nitrogens is 2. The van der Waals surface area contributed by atoms with E-state index in [1.807, 2.05) is 6.07 Å². The molecule has 5 heterocycles. The molecule has 8 nitrogen and oxygen atoms in total. The molecule has 0 unspecified atom stereocenters. The fraction of sp³-hybridized carbons (Fsp3) is 0.0909. The van der Waals surface area contributed by atoms with E-state index >= 15 is 0 Å². The molecule has 4 aromatic rings. The molecule has 0 aliphatic carbocycles. The molecule has 1 fully saturated rings. The topological polar surface area (TPSA) is 93.0 Å². The molecule has 1 aliphatic rings. The third-order valence-corrected chi connectivity index (χ3v) is 6.20. The molecule has 10 heteroatoms. The first-order valence-electron chi connectivity index (χ1n) is 9.65. The highest BCUT2D eigenvalue weighted by Gasteiger charge is 2.33. The lowest BCUT2D eigenvalue weighted by Gasteiger charge is -2.12. The number of amides is 1. The minimum absolute atomic E-state index is 0.230. The maximum absolute atomic E-state index is 13.3. The second kappa shape index (κ2) is 8.48. The Morgan fingerprint density at radius 1 is 1.06 bits per heavy atom. The zero-order valence-corrected chi connectivity index (χ0v) is 18.2. The van der Waals surface area contributed by atoms with Gasteiger partial charge in [-0.3, -0.25) is 18.9 Å². The Hall–Kier alpha value is -3.63. The number of furan rings is 2. The predicted molar refractivity (Wildman–Crippen MR) is 125 cm³/mol. The summed E-state index contributed by atoms with van der Waals surface area (Å²) in [7, 11) is 0. The zero-order valence-electron chi connectivity index (χ0n) is 16.6. The summed E-state index contributed by atoms with van der Waals surface area (Å²) in [6, 6.07) is 12.4. The van der Waals surface area contributed by atoms with Crippen molar-refractivity contribution in [2.45, 2.75) is 13.1 Å². The van der Waals surface area contributed by atoms with Gasteiger partial charge in [-0.15, -0.1) is 0 Å². The summed E-state index contributed by atoms with van der Waals surface area (Å²) in [5, 5.41) is 3.15. The van der Waals surface area contributed by atoms with Crippen LogP contribution >= 0.6 is 24.0 Å². The van der Waals surface area contributed by atoms with Crippen LogP contribution in [0.15, 0.2) is 79.7 Å². The third-order valence-electron chi connectivity index (χ3n) is 4.82. The predicted octanol–water partition coefficient (Wildman–Crippen LogP) is 3.89. The van der Waals surface area contributed by atoms with E-state index in [1.54, 1.807) is 61.2 Å². The Bertz CT molecular complexity index is 1390.